The van der Waals surface area contributed by atoms with E-state index in [1.807, 2.05) is 0 Å². The van der Waals surface area contributed by atoms with E-state index in [1.165, 1.54) is 19.6 Å². The highest BCUT2D eigenvalue weighted by molar-refractivity contribution is 6.33. The van der Waals surface area contributed by atoms with Crippen LogP contribution in [0, 0.1) is 0 Å². The van der Waals surface area contributed by atoms with E-state index in [2.05, 4.69) is 20.6 Å². The lowest BCUT2D eigenvalue weighted by atomic mass is 10.3. The molecule has 0 saturated heterocycles. The van der Waals surface area contributed by atoms with E-state index in [1.54, 1.807) is 24.3 Å². The molecule has 19 heavy (non-hydrogen) atoms. The third-order valence-electron chi connectivity index (χ3n) is 2.25. The minimum atomic E-state index is -0.450. The van der Waals surface area contributed by atoms with Crippen molar-refractivity contribution in [3.63, 3.8) is 0 Å². The van der Waals surface area contributed by atoms with Crippen LogP contribution >= 0.6 is 11.6 Å². The number of urea groups is 1. The van der Waals surface area contributed by atoms with Crippen LogP contribution in [-0.2, 0) is 0 Å². The van der Waals surface area contributed by atoms with Gasteiger partial charge in [0, 0.05) is 12.3 Å². The molecule has 0 spiro atoms. The topological polar surface area (TPSA) is 76.1 Å². The fraction of sp³-hybridized carbons (Fsp3) is 0.0833. The van der Waals surface area contributed by atoms with Gasteiger partial charge in [-0.1, -0.05) is 11.6 Å². The molecule has 2 amide bonds. The second kappa shape index (κ2) is 6.01. The van der Waals surface area contributed by atoms with Gasteiger partial charge in [-0.2, -0.15) is 0 Å². The van der Waals surface area contributed by atoms with Crippen LogP contribution in [0.15, 0.2) is 36.8 Å². The Labute approximate surface area is 114 Å². The summed E-state index contributed by atoms with van der Waals surface area (Å²) in [5.41, 5.74) is 0.451. The molecule has 2 aromatic rings. The molecule has 1 heterocycles. The molecule has 0 radical (unpaired) electrons. The molecule has 2 N–H and O–H groups in total. The van der Waals surface area contributed by atoms with Gasteiger partial charge in [-0.05, 0) is 18.2 Å². The van der Waals surface area contributed by atoms with E-state index in [9.17, 15) is 4.79 Å². The number of anilines is 2. The summed E-state index contributed by atoms with van der Waals surface area (Å²) in [5, 5.41) is 5.58. The van der Waals surface area contributed by atoms with E-state index in [-0.39, 0.29) is 0 Å². The van der Waals surface area contributed by atoms with Gasteiger partial charge in [-0.25, -0.2) is 14.8 Å². The van der Waals surface area contributed by atoms with Gasteiger partial charge in [-0.3, -0.25) is 5.32 Å². The van der Waals surface area contributed by atoms with Crippen LogP contribution in [0.5, 0.6) is 5.75 Å². The average molecular weight is 279 g/mol. The van der Waals surface area contributed by atoms with Crippen molar-refractivity contribution >= 4 is 29.1 Å². The number of nitrogens with zero attached hydrogens (tertiary/aromatic N) is 2. The summed E-state index contributed by atoms with van der Waals surface area (Å²) in [6.07, 6.45) is 2.87. The van der Waals surface area contributed by atoms with E-state index < -0.39 is 6.03 Å². The molecule has 0 saturated carbocycles. The minimum Gasteiger partial charge on any atom is -0.497 e. The van der Waals surface area contributed by atoms with E-state index in [0.29, 0.717) is 22.3 Å². The summed E-state index contributed by atoms with van der Waals surface area (Å²) >= 11 is 5.98. The van der Waals surface area contributed by atoms with Gasteiger partial charge in [0.05, 0.1) is 17.8 Å². The van der Waals surface area contributed by atoms with Crippen molar-refractivity contribution in [3.8, 4) is 5.75 Å². The smallest absolute Gasteiger partial charge is 0.324 e. The fourth-order valence-electron chi connectivity index (χ4n) is 1.36. The molecule has 1 aromatic carbocycles. The summed E-state index contributed by atoms with van der Waals surface area (Å²) in [6, 6.07) is 6.10. The molecular formula is C12H11ClN4O2. The number of ether oxygens (including phenoxy) is 1. The Hall–Kier alpha value is -2.34. The summed E-state index contributed by atoms with van der Waals surface area (Å²) in [4.78, 5) is 19.4. The van der Waals surface area contributed by atoms with Gasteiger partial charge >= 0.3 is 6.03 Å². The summed E-state index contributed by atoms with van der Waals surface area (Å²) in [7, 11) is 1.54. The van der Waals surface area contributed by atoms with Crippen LogP contribution < -0.4 is 15.4 Å². The van der Waals surface area contributed by atoms with E-state index in [4.69, 9.17) is 16.3 Å². The molecular weight excluding hydrogens is 268 g/mol. The maximum atomic E-state index is 11.8. The molecule has 7 heteroatoms. The number of nitrogens with one attached hydrogen (secondary N) is 2. The van der Waals surface area contributed by atoms with Crippen LogP contribution in [0.3, 0.4) is 0 Å². The van der Waals surface area contributed by atoms with Crippen LogP contribution in [-0.4, -0.2) is 23.1 Å². The summed E-state index contributed by atoms with van der Waals surface area (Å²) in [5.74, 6) is 0.994. The zero-order valence-electron chi connectivity index (χ0n) is 10.1. The Morgan fingerprint density at radius 1 is 1.32 bits per heavy atom. The van der Waals surface area contributed by atoms with E-state index in [0.717, 1.165) is 0 Å². The molecule has 0 atom stereocenters. The van der Waals surface area contributed by atoms with Crippen LogP contribution in [0.25, 0.3) is 0 Å². The van der Waals surface area contributed by atoms with Crippen molar-refractivity contribution in [1.82, 2.24) is 9.97 Å². The maximum absolute atomic E-state index is 11.8. The normalized spacial score (nSPS) is 9.79. The largest absolute Gasteiger partial charge is 0.497 e. The first-order valence-electron chi connectivity index (χ1n) is 5.36. The first kappa shape index (κ1) is 13.1. The lowest BCUT2D eigenvalue weighted by molar-refractivity contribution is 0.262. The number of methoxy groups -OCH3 is 1. The molecule has 6 nitrogen and oxygen atoms in total. The lowest BCUT2D eigenvalue weighted by Crippen LogP contribution is -2.20. The van der Waals surface area contributed by atoms with Crippen molar-refractivity contribution in [2.24, 2.45) is 0 Å². The molecule has 0 unspecified atom stereocenters. The molecule has 0 fully saturated rings. The molecule has 98 valence electrons. The Bertz CT molecular complexity index is 577. The van der Waals surface area contributed by atoms with E-state index >= 15 is 0 Å². The Morgan fingerprint density at radius 3 is 2.84 bits per heavy atom. The van der Waals surface area contributed by atoms with Crippen molar-refractivity contribution in [3.05, 3.63) is 41.8 Å². The van der Waals surface area contributed by atoms with Crippen molar-refractivity contribution in [2.75, 3.05) is 17.7 Å². The molecule has 0 aliphatic carbocycles. The predicted octanol–water partition coefficient (Wildman–Crippen LogP) is 2.78. The maximum Gasteiger partial charge on any atom is 0.324 e. The Morgan fingerprint density at radius 2 is 2.16 bits per heavy atom. The highest BCUT2D eigenvalue weighted by Crippen LogP contribution is 2.26. The molecule has 2 rings (SSSR count). The third kappa shape index (κ3) is 3.56. The Kier molecular flexibility index (Phi) is 4.15. The van der Waals surface area contributed by atoms with Gasteiger partial charge < -0.3 is 10.1 Å². The molecule has 0 bridgehead atoms. The number of hydrogen-bond donors (Lipinski definition) is 2. The number of carbonyl (C=O) groups is 1. The number of halogens is 1. The highest BCUT2D eigenvalue weighted by atomic mass is 35.5. The van der Waals surface area contributed by atoms with Gasteiger partial charge in [0.2, 0.25) is 0 Å². The molecule has 1 aromatic heterocycles. The number of rotatable bonds is 3. The summed E-state index contributed by atoms with van der Waals surface area (Å²) < 4.78 is 5.06. The van der Waals surface area contributed by atoms with Gasteiger partial charge in [0.1, 0.15) is 17.9 Å². The van der Waals surface area contributed by atoms with Gasteiger partial charge in [0.15, 0.2) is 0 Å². The Balaban J connectivity index is 2.06. The van der Waals surface area contributed by atoms with Crippen LogP contribution in [0.4, 0.5) is 16.3 Å². The van der Waals surface area contributed by atoms with Crippen molar-refractivity contribution < 1.29 is 9.53 Å². The zero-order chi connectivity index (χ0) is 13.7. The summed E-state index contributed by atoms with van der Waals surface area (Å²) in [6.45, 7) is 0. The lowest BCUT2D eigenvalue weighted by Gasteiger charge is -2.09. The molecule has 0 aliphatic rings. The van der Waals surface area contributed by atoms with Crippen LogP contribution in [0.1, 0.15) is 0 Å². The number of benzene rings is 1. The standard InChI is InChI=1S/C12H11ClN4O2/c1-19-8-2-3-9(13)10(6-8)16-12(18)17-11-4-5-14-7-15-11/h2-7H,1H3,(H2,14,15,16,17,18). The predicted molar refractivity (Wildman–Crippen MR) is 72.7 cm³/mol. The first-order valence-corrected chi connectivity index (χ1v) is 5.74. The van der Waals surface area contributed by atoms with Gasteiger partial charge in [-0.15, -0.1) is 0 Å². The first-order chi connectivity index (χ1) is 9.19. The van der Waals surface area contributed by atoms with Gasteiger partial charge in [0.25, 0.3) is 0 Å². The number of aromatic nitrogens is 2. The zero-order valence-corrected chi connectivity index (χ0v) is 10.8. The number of hydrogen-bond acceptors (Lipinski definition) is 4. The monoisotopic (exact) mass is 278 g/mol. The third-order valence-corrected chi connectivity index (χ3v) is 2.57. The van der Waals surface area contributed by atoms with Crippen LogP contribution in [0.2, 0.25) is 5.02 Å². The quantitative estimate of drug-likeness (QED) is 0.905. The second-order valence-electron chi connectivity index (χ2n) is 3.52. The highest BCUT2D eigenvalue weighted by Gasteiger charge is 2.07. The second-order valence-corrected chi connectivity index (χ2v) is 3.93. The SMILES string of the molecule is COc1ccc(Cl)c(NC(=O)Nc2ccncn2)c1. The average Bonchev–Trinajstić information content (AvgIpc) is 2.42. The molecule has 0 aliphatic heterocycles. The van der Waals surface area contributed by atoms with Crippen molar-refractivity contribution in [1.29, 1.82) is 0 Å². The minimum absolute atomic E-state index is 0.395. The fourth-order valence-corrected chi connectivity index (χ4v) is 1.53. The number of carbonyl (C=O) groups excluding carboxylic acids is 1. The number of amides is 2. The van der Waals surface area contributed by atoms with Crippen molar-refractivity contribution in [2.45, 2.75) is 0 Å².